The second-order valence-electron chi connectivity index (χ2n) is 6.19. The summed E-state index contributed by atoms with van der Waals surface area (Å²) in [5, 5.41) is 6.12. The minimum atomic E-state index is -0.253. The molecule has 1 heterocycles. The normalized spacial score (nSPS) is 10.3. The number of anilines is 2. The third-order valence-electron chi connectivity index (χ3n) is 4.38. The van der Waals surface area contributed by atoms with Crippen LogP contribution in [0.5, 0.6) is 5.75 Å². The first-order valence-corrected chi connectivity index (χ1v) is 8.63. The topological polar surface area (TPSA) is 76.1 Å². The van der Waals surface area contributed by atoms with Crippen molar-refractivity contribution in [2.75, 3.05) is 12.4 Å². The zero-order valence-electron chi connectivity index (χ0n) is 15.6. The number of carbonyl (C=O) groups is 1. The number of methoxy groups -OCH3 is 1. The van der Waals surface area contributed by atoms with Gasteiger partial charge in [0.15, 0.2) is 0 Å². The van der Waals surface area contributed by atoms with Gasteiger partial charge in [0.25, 0.3) is 5.91 Å². The first-order valence-electron chi connectivity index (χ1n) is 8.63. The van der Waals surface area contributed by atoms with Gasteiger partial charge >= 0.3 is 0 Å². The Labute approximate surface area is 158 Å². The summed E-state index contributed by atoms with van der Waals surface area (Å²) in [4.78, 5) is 20.7. The highest BCUT2D eigenvalue weighted by molar-refractivity contribution is 5.92. The molecule has 0 fully saturated rings. The lowest BCUT2D eigenvalue weighted by Crippen LogP contribution is -2.24. The van der Waals surface area contributed by atoms with Crippen molar-refractivity contribution in [2.24, 2.45) is 0 Å². The van der Waals surface area contributed by atoms with E-state index in [1.54, 1.807) is 13.2 Å². The van der Waals surface area contributed by atoms with Gasteiger partial charge in [-0.3, -0.25) is 4.79 Å². The maximum atomic E-state index is 12.4. The molecule has 6 nitrogen and oxygen atoms in total. The van der Waals surface area contributed by atoms with Crippen LogP contribution in [0.2, 0.25) is 0 Å². The number of hydrogen-bond acceptors (Lipinski definition) is 5. The van der Waals surface area contributed by atoms with Gasteiger partial charge in [0.2, 0.25) is 0 Å². The van der Waals surface area contributed by atoms with Crippen molar-refractivity contribution in [3.8, 4) is 5.75 Å². The van der Waals surface area contributed by atoms with Crippen LogP contribution in [0.25, 0.3) is 0 Å². The van der Waals surface area contributed by atoms with Crippen LogP contribution in [0, 0.1) is 13.8 Å². The number of carbonyl (C=O) groups excluding carboxylic acids is 1. The Kier molecular flexibility index (Phi) is 5.66. The largest absolute Gasteiger partial charge is 0.497 e. The fraction of sp³-hybridized carbons (Fsp3) is 0.190. The summed E-state index contributed by atoms with van der Waals surface area (Å²) in [7, 11) is 1.62. The zero-order chi connectivity index (χ0) is 19.2. The maximum Gasteiger partial charge on any atom is 0.270 e. The standard InChI is InChI=1S/C21H22N4O2/c1-14-5-4-6-18(15(14)2)25-20-11-19(23-13-24-20)21(26)22-12-16-7-9-17(27-3)10-8-16/h4-11,13H,12H2,1-3H3,(H,22,26)(H,23,24,25). The van der Waals surface area contributed by atoms with Crippen LogP contribution in [0.15, 0.2) is 54.9 Å². The van der Waals surface area contributed by atoms with Gasteiger partial charge in [0.1, 0.15) is 23.6 Å². The van der Waals surface area contributed by atoms with Gasteiger partial charge in [-0.1, -0.05) is 24.3 Å². The average Bonchev–Trinajstić information content (AvgIpc) is 2.70. The SMILES string of the molecule is COc1ccc(CNC(=O)c2cc(Nc3cccc(C)c3C)ncn2)cc1. The van der Waals surface area contributed by atoms with Crippen molar-refractivity contribution in [3.63, 3.8) is 0 Å². The van der Waals surface area contributed by atoms with Gasteiger partial charge in [-0.2, -0.15) is 0 Å². The molecule has 2 aromatic carbocycles. The molecule has 0 bridgehead atoms. The van der Waals surface area contributed by atoms with Crippen LogP contribution < -0.4 is 15.4 Å². The number of aryl methyl sites for hydroxylation is 1. The van der Waals surface area contributed by atoms with Crippen molar-refractivity contribution in [3.05, 3.63) is 77.2 Å². The van der Waals surface area contributed by atoms with E-state index >= 15 is 0 Å². The number of nitrogens with zero attached hydrogens (tertiary/aromatic N) is 2. The number of hydrogen-bond donors (Lipinski definition) is 2. The van der Waals surface area contributed by atoms with Gasteiger partial charge in [0, 0.05) is 18.3 Å². The van der Waals surface area contributed by atoms with Gasteiger partial charge in [-0.25, -0.2) is 9.97 Å². The molecule has 27 heavy (non-hydrogen) atoms. The molecule has 0 unspecified atom stereocenters. The van der Waals surface area contributed by atoms with Crippen molar-refractivity contribution in [1.82, 2.24) is 15.3 Å². The summed E-state index contributed by atoms with van der Waals surface area (Å²) >= 11 is 0. The molecule has 1 amide bonds. The van der Waals surface area contributed by atoms with E-state index in [9.17, 15) is 4.79 Å². The van der Waals surface area contributed by atoms with Gasteiger partial charge in [-0.05, 0) is 48.7 Å². The molecule has 6 heteroatoms. The first kappa shape index (κ1) is 18.4. The lowest BCUT2D eigenvalue weighted by atomic mass is 10.1. The van der Waals surface area contributed by atoms with Crippen molar-refractivity contribution in [1.29, 1.82) is 0 Å². The molecule has 0 aliphatic heterocycles. The molecular weight excluding hydrogens is 340 g/mol. The third-order valence-corrected chi connectivity index (χ3v) is 4.38. The Balaban J connectivity index is 1.67. The quantitative estimate of drug-likeness (QED) is 0.698. The van der Waals surface area contributed by atoms with Gasteiger partial charge in [0.05, 0.1) is 7.11 Å². The molecule has 1 aromatic heterocycles. The average molecular weight is 362 g/mol. The van der Waals surface area contributed by atoms with Crippen LogP contribution >= 0.6 is 0 Å². The van der Waals surface area contributed by atoms with E-state index in [0.29, 0.717) is 18.1 Å². The monoisotopic (exact) mass is 362 g/mol. The third kappa shape index (κ3) is 4.61. The summed E-state index contributed by atoms with van der Waals surface area (Å²) in [5.74, 6) is 1.11. The van der Waals surface area contributed by atoms with E-state index in [0.717, 1.165) is 22.6 Å². The number of ether oxygens (including phenoxy) is 1. The molecule has 2 N–H and O–H groups in total. The Morgan fingerprint density at radius 2 is 1.85 bits per heavy atom. The predicted octanol–water partition coefficient (Wildman–Crippen LogP) is 3.78. The van der Waals surface area contributed by atoms with E-state index in [4.69, 9.17) is 4.74 Å². The van der Waals surface area contributed by atoms with Gasteiger partial charge < -0.3 is 15.4 Å². The van der Waals surface area contributed by atoms with Crippen molar-refractivity contribution in [2.45, 2.75) is 20.4 Å². The Bertz CT molecular complexity index is 939. The van der Waals surface area contributed by atoms with Gasteiger partial charge in [-0.15, -0.1) is 0 Å². The van der Waals surface area contributed by atoms with Crippen molar-refractivity contribution < 1.29 is 9.53 Å². The molecular formula is C21H22N4O2. The van der Waals surface area contributed by atoms with Crippen LogP contribution in [-0.4, -0.2) is 23.0 Å². The number of amides is 1. The lowest BCUT2D eigenvalue weighted by Gasteiger charge is -2.11. The zero-order valence-corrected chi connectivity index (χ0v) is 15.6. The Morgan fingerprint density at radius 3 is 2.59 bits per heavy atom. The summed E-state index contributed by atoms with van der Waals surface area (Å²) in [6.07, 6.45) is 1.38. The predicted molar refractivity (Wildman–Crippen MR) is 105 cm³/mol. The molecule has 0 atom stereocenters. The smallest absolute Gasteiger partial charge is 0.270 e. The highest BCUT2D eigenvalue weighted by Crippen LogP contribution is 2.21. The molecule has 0 spiro atoms. The second-order valence-corrected chi connectivity index (χ2v) is 6.19. The highest BCUT2D eigenvalue weighted by atomic mass is 16.5. The molecule has 138 valence electrons. The number of nitrogens with one attached hydrogen (secondary N) is 2. The highest BCUT2D eigenvalue weighted by Gasteiger charge is 2.10. The summed E-state index contributed by atoms with van der Waals surface area (Å²) in [6, 6.07) is 15.2. The number of rotatable bonds is 6. The molecule has 0 aliphatic rings. The fourth-order valence-corrected chi connectivity index (χ4v) is 2.59. The molecule has 0 saturated heterocycles. The Hall–Kier alpha value is -3.41. The first-order chi connectivity index (χ1) is 13.1. The molecule has 3 aromatic rings. The summed E-state index contributed by atoms with van der Waals surface area (Å²) < 4.78 is 5.13. The fourth-order valence-electron chi connectivity index (χ4n) is 2.59. The molecule has 0 saturated carbocycles. The minimum absolute atomic E-state index is 0.253. The van der Waals surface area contributed by atoms with E-state index < -0.39 is 0 Å². The lowest BCUT2D eigenvalue weighted by molar-refractivity contribution is 0.0946. The van der Waals surface area contributed by atoms with E-state index in [-0.39, 0.29) is 5.91 Å². The van der Waals surface area contributed by atoms with E-state index in [1.165, 1.54) is 11.9 Å². The van der Waals surface area contributed by atoms with Crippen molar-refractivity contribution >= 4 is 17.4 Å². The summed E-state index contributed by atoms with van der Waals surface area (Å²) in [6.45, 7) is 4.51. The van der Waals surface area contributed by atoms with Crippen LogP contribution in [0.4, 0.5) is 11.5 Å². The molecule has 0 aliphatic carbocycles. The van der Waals surface area contributed by atoms with Crippen LogP contribution in [-0.2, 0) is 6.54 Å². The minimum Gasteiger partial charge on any atom is -0.497 e. The number of aromatic nitrogens is 2. The summed E-state index contributed by atoms with van der Waals surface area (Å²) in [5.41, 5.74) is 4.57. The van der Waals surface area contributed by atoms with Crippen LogP contribution in [0.1, 0.15) is 27.2 Å². The Morgan fingerprint density at radius 1 is 1.07 bits per heavy atom. The second kappa shape index (κ2) is 8.31. The maximum absolute atomic E-state index is 12.4. The number of benzene rings is 2. The van der Waals surface area contributed by atoms with E-state index in [2.05, 4.69) is 33.6 Å². The molecule has 3 rings (SSSR count). The van der Waals surface area contributed by atoms with E-state index in [1.807, 2.05) is 43.3 Å². The van der Waals surface area contributed by atoms with Crippen LogP contribution in [0.3, 0.4) is 0 Å². The molecule has 0 radical (unpaired) electrons.